The first-order valence-corrected chi connectivity index (χ1v) is 11.3. The molecule has 0 radical (unpaired) electrons. The van der Waals surface area contributed by atoms with Crippen LogP contribution >= 0.6 is 0 Å². The molecular weight excluding hydrogens is 490 g/mol. The van der Waals surface area contributed by atoms with E-state index in [0.29, 0.717) is 29.3 Å². The van der Waals surface area contributed by atoms with Crippen LogP contribution in [-0.2, 0) is 14.4 Å². The van der Waals surface area contributed by atoms with Crippen molar-refractivity contribution in [1.29, 1.82) is 0 Å². The molecule has 14 nitrogen and oxygen atoms in total. The van der Waals surface area contributed by atoms with Crippen LogP contribution in [0.25, 0.3) is 10.9 Å². The zero-order valence-corrected chi connectivity index (χ0v) is 21.1. The monoisotopic (exact) mass is 520 g/mol. The number of rotatable bonds is 9. The highest BCUT2D eigenvalue weighted by Gasteiger charge is 2.29. The number of aromatic nitrogens is 2. The first kappa shape index (κ1) is 29.3. The van der Waals surface area contributed by atoms with E-state index in [9.17, 15) is 29.7 Å². The lowest BCUT2D eigenvalue weighted by molar-refractivity contribution is -0.339. The average Bonchev–Trinajstić information content (AvgIpc) is 2.82. The highest BCUT2D eigenvalue weighted by Crippen LogP contribution is 2.34. The van der Waals surface area contributed by atoms with E-state index in [1.165, 1.54) is 0 Å². The summed E-state index contributed by atoms with van der Waals surface area (Å²) in [6, 6.07) is 4.29. The van der Waals surface area contributed by atoms with Gasteiger partial charge < -0.3 is 59.8 Å². The van der Waals surface area contributed by atoms with E-state index >= 15 is 0 Å². The van der Waals surface area contributed by atoms with Crippen LogP contribution in [0.15, 0.2) is 12.1 Å². The number of aliphatic hydroxyl groups is 1. The average molecular weight is 521 g/mol. The fourth-order valence-corrected chi connectivity index (χ4v) is 3.87. The van der Waals surface area contributed by atoms with Crippen molar-refractivity contribution in [3.05, 3.63) is 12.1 Å². The predicted octanol–water partition coefficient (Wildman–Crippen LogP) is -3.49. The Hall–Kier alpha value is -3.91. The molecule has 0 atom stereocenters. The van der Waals surface area contributed by atoms with Crippen LogP contribution in [0.5, 0.6) is 11.5 Å². The number of methoxy groups -OCH3 is 2. The van der Waals surface area contributed by atoms with Gasteiger partial charge in [-0.05, 0) is 33.0 Å². The van der Waals surface area contributed by atoms with Crippen molar-refractivity contribution in [1.82, 2.24) is 14.9 Å². The summed E-state index contributed by atoms with van der Waals surface area (Å²) in [4.78, 5) is 43.7. The molecule has 14 heteroatoms. The Balaban J connectivity index is 0.000000317. The minimum absolute atomic E-state index is 0.464. The van der Waals surface area contributed by atoms with Crippen molar-refractivity contribution in [3.8, 4) is 11.5 Å². The molecule has 3 N–H and O–H groups in total. The zero-order valence-electron chi connectivity index (χ0n) is 21.1. The molecule has 0 bridgehead atoms. The number of nitrogen functional groups attached to an aromatic ring is 1. The van der Waals surface area contributed by atoms with E-state index in [0.717, 1.165) is 36.8 Å². The number of nitrogens with two attached hydrogens (primary N) is 1. The summed E-state index contributed by atoms with van der Waals surface area (Å²) in [6.45, 7) is 1.86. The number of carboxylic acids is 3. The molecule has 0 amide bonds. The van der Waals surface area contributed by atoms with E-state index in [-0.39, 0.29) is 0 Å². The first-order valence-electron chi connectivity index (χ1n) is 11.3. The first-order chi connectivity index (χ1) is 17.3. The summed E-state index contributed by atoms with van der Waals surface area (Å²) >= 11 is 0. The van der Waals surface area contributed by atoms with E-state index in [1.54, 1.807) is 14.2 Å². The van der Waals surface area contributed by atoms with Gasteiger partial charge >= 0.3 is 0 Å². The van der Waals surface area contributed by atoms with Gasteiger partial charge in [0.15, 0.2) is 11.5 Å². The van der Waals surface area contributed by atoms with Crippen molar-refractivity contribution in [2.75, 3.05) is 52.0 Å². The van der Waals surface area contributed by atoms with Gasteiger partial charge in [0.1, 0.15) is 11.4 Å². The van der Waals surface area contributed by atoms with Crippen LogP contribution in [0.2, 0.25) is 0 Å². The molecule has 1 fully saturated rings. The van der Waals surface area contributed by atoms with Gasteiger partial charge in [-0.15, -0.1) is 0 Å². The number of carboxylic acid groups (broad SMARTS) is 3. The molecule has 1 aliphatic heterocycles. The third kappa shape index (κ3) is 7.54. The number of piperidine rings is 1. The number of benzene rings is 1. The van der Waals surface area contributed by atoms with Crippen LogP contribution in [0.4, 0.5) is 11.8 Å². The summed E-state index contributed by atoms with van der Waals surface area (Å²) in [5, 5.41) is 39.7. The minimum Gasteiger partial charge on any atom is -0.550 e. The van der Waals surface area contributed by atoms with Crippen molar-refractivity contribution in [2.45, 2.75) is 37.3 Å². The standard InChI is InChI=1S/C17H25N5O2.C6H8O7/c1-21(2)11-5-7-22(8-6-11)17-19-13-10-15(24-4)14(23-3)9-12(13)16(18)20-17;7-3(8)1-6(13,5(11)12)2-4(9)10/h9-11H,5-8H2,1-4H3,(H2,18,19,20);13H,1-2H2,(H,7,8)(H,9,10)(H,11,12)/p-3. The highest BCUT2D eigenvalue weighted by atomic mass is 16.5. The molecule has 2 heterocycles. The Morgan fingerprint density at radius 3 is 2.00 bits per heavy atom. The summed E-state index contributed by atoms with van der Waals surface area (Å²) in [5.74, 6) is -3.57. The van der Waals surface area contributed by atoms with Crippen molar-refractivity contribution < 1.29 is 44.3 Å². The fourth-order valence-electron chi connectivity index (χ4n) is 3.87. The number of fused-ring (bicyclic) bond motifs is 1. The predicted molar refractivity (Wildman–Crippen MR) is 125 cm³/mol. The summed E-state index contributed by atoms with van der Waals surface area (Å²) in [5.41, 5.74) is 3.97. The Morgan fingerprint density at radius 1 is 1.05 bits per heavy atom. The molecule has 204 valence electrons. The summed E-state index contributed by atoms with van der Waals surface area (Å²) < 4.78 is 10.7. The number of hydrogen-bond donors (Lipinski definition) is 2. The van der Waals surface area contributed by atoms with Crippen LogP contribution in [0.3, 0.4) is 0 Å². The Labute approximate surface area is 213 Å². The van der Waals surface area contributed by atoms with Crippen LogP contribution in [-0.4, -0.2) is 90.9 Å². The van der Waals surface area contributed by atoms with Gasteiger partial charge in [-0.2, -0.15) is 4.98 Å². The maximum Gasteiger partial charge on any atom is 0.227 e. The molecule has 0 spiro atoms. The molecular formula is C23H30N5O9-3. The summed E-state index contributed by atoms with van der Waals surface area (Å²) in [7, 11) is 7.47. The Bertz CT molecular complexity index is 1120. The minimum atomic E-state index is -2.97. The molecule has 1 saturated heterocycles. The normalized spacial score (nSPS) is 14.2. The number of ether oxygens (including phenoxy) is 2. The largest absolute Gasteiger partial charge is 0.550 e. The van der Waals surface area contributed by atoms with E-state index in [1.807, 2.05) is 12.1 Å². The van der Waals surface area contributed by atoms with Gasteiger partial charge in [0.2, 0.25) is 5.95 Å². The Kier molecular flexibility index (Phi) is 9.80. The smallest absolute Gasteiger partial charge is 0.227 e. The van der Waals surface area contributed by atoms with Crippen molar-refractivity contribution in [2.24, 2.45) is 0 Å². The van der Waals surface area contributed by atoms with Gasteiger partial charge in [0.25, 0.3) is 0 Å². The molecule has 1 aromatic heterocycles. The lowest BCUT2D eigenvalue weighted by atomic mass is 9.96. The van der Waals surface area contributed by atoms with E-state index in [2.05, 4.69) is 28.9 Å². The van der Waals surface area contributed by atoms with Gasteiger partial charge in [0.05, 0.1) is 25.7 Å². The number of carbonyl (C=O) groups excluding carboxylic acids is 3. The molecule has 2 aromatic rings. The molecule has 0 unspecified atom stereocenters. The maximum absolute atomic E-state index is 10.1. The second-order valence-corrected chi connectivity index (χ2v) is 8.73. The zero-order chi connectivity index (χ0) is 27.9. The SMILES string of the molecule is COc1cc2nc(N3CCC(N(C)C)CC3)nc(N)c2cc1OC.O=C([O-])CC(O)(CC(=O)[O-])C(=O)[O-]. The van der Waals surface area contributed by atoms with Gasteiger partial charge in [-0.3, -0.25) is 0 Å². The molecule has 0 aliphatic carbocycles. The molecule has 37 heavy (non-hydrogen) atoms. The van der Waals surface area contributed by atoms with Crippen molar-refractivity contribution >= 4 is 40.6 Å². The molecule has 0 saturated carbocycles. The second-order valence-electron chi connectivity index (χ2n) is 8.73. The third-order valence-corrected chi connectivity index (χ3v) is 5.95. The Morgan fingerprint density at radius 2 is 1.57 bits per heavy atom. The number of carbonyl (C=O) groups is 3. The second kappa shape index (κ2) is 12.4. The van der Waals surface area contributed by atoms with E-state index in [4.69, 9.17) is 25.3 Å². The number of hydrogen-bond acceptors (Lipinski definition) is 14. The molecule has 1 aromatic carbocycles. The van der Waals surface area contributed by atoms with Crippen molar-refractivity contribution in [3.63, 3.8) is 0 Å². The molecule has 3 rings (SSSR count). The highest BCUT2D eigenvalue weighted by molar-refractivity contribution is 5.91. The lowest BCUT2D eigenvalue weighted by Gasteiger charge is -2.35. The van der Waals surface area contributed by atoms with Gasteiger partial charge in [-0.25, -0.2) is 4.98 Å². The summed E-state index contributed by atoms with van der Waals surface area (Å²) in [6.07, 6.45) is -0.521. The maximum atomic E-state index is 10.1. The van der Waals surface area contributed by atoms with E-state index < -0.39 is 36.4 Å². The quantitative estimate of drug-likeness (QED) is 0.328. The van der Waals surface area contributed by atoms with Crippen LogP contribution in [0.1, 0.15) is 25.7 Å². The number of anilines is 2. The van der Waals surface area contributed by atoms with Crippen LogP contribution < -0.4 is 35.4 Å². The number of aliphatic carboxylic acids is 3. The van der Waals surface area contributed by atoms with Gasteiger partial charge in [0, 0.05) is 55.4 Å². The molecule has 1 aliphatic rings. The van der Waals surface area contributed by atoms with Crippen LogP contribution in [0, 0.1) is 0 Å². The lowest BCUT2D eigenvalue weighted by Crippen LogP contribution is -2.54. The van der Waals surface area contributed by atoms with Gasteiger partial charge in [-0.1, -0.05) is 0 Å². The fraction of sp³-hybridized carbons (Fsp3) is 0.522. The number of nitrogens with zero attached hydrogens (tertiary/aromatic N) is 4. The third-order valence-electron chi connectivity index (χ3n) is 5.95. The topological polar surface area (TPSA) is 217 Å².